The first-order valence-electron chi connectivity index (χ1n) is 5.70. The molecule has 0 bridgehead atoms. The van der Waals surface area contributed by atoms with E-state index in [-0.39, 0.29) is 16.7 Å². The smallest absolute Gasteiger partial charge is 0.274 e. The van der Waals surface area contributed by atoms with Crippen LogP contribution in [0, 0.1) is 10.1 Å². The molecule has 1 unspecified atom stereocenters. The van der Waals surface area contributed by atoms with Crippen LogP contribution in [0.15, 0.2) is 42.5 Å². The third-order valence-corrected chi connectivity index (χ3v) is 2.89. The zero-order valence-electron chi connectivity index (χ0n) is 10.2. The Balaban J connectivity index is 2.25. The number of benzene rings is 1. The van der Waals surface area contributed by atoms with Crippen molar-refractivity contribution in [1.29, 1.82) is 0 Å². The molecule has 0 spiro atoms. The Labute approximate surface area is 115 Å². The molecule has 2 aromatic rings. The normalized spacial score (nSPS) is 11.9. The number of para-hydroxylation sites is 1. The highest BCUT2D eigenvalue weighted by Gasteiger charge is 2.18. The van der Waals surface area contributed by atoms with Gasteiger partial charge in [0.05, 0.1) is 16.5 Å². The van der Waals surface area contributed by atoms with Crippen LogP contribution < -0.4 is 5.32 Å². The highest BCUT2D eigenvalue weighted by atomic mass is 35.5. The van der Waals surface area contributed by atoms with Crippen LogP contribution in [0.2, 0.25) is 5.15 Å². The highest BCUT2D eigenvalue weighted by molar-refractivity contribution is 6.29. The second kappa shape index (κ2) is 5.67. The van der Waals surface area contributed by atoms with Crippen molar-refractivity contribution in [2.45, 2.75) is 13.0 Å². The number of nitro groups is 1. The molecule has 0 aliphatic rings. The Morgan fingerprint density at radius 2 is 2.00 bits per heavy atom. The van der Waals surface area contributed by atoms with Crippen LogP contribution >= 0.6 is 11.6 Å². The molecule has 1 aromatic heterocycles. The lowest BCUT2D eigenvalue weighted by Gasteiger charge is -2.15. The van der Waals surface area contributed by atoms with E-state index in [9.17, 15) is 10.1 Å². The average Bonchev–Trinajstić information content (AvgIpc) is 2.38. The maximum absolute atomic E-state index is 11.0. The number of anilines is 1. The predicted molar refractivity (Wildman–Crippen MR) is 74.4 cm³/mol. The van der Waals surface area contributed by atoms with Crippen molar-refractivity contribution in [3.05, 3.63) is 63.3 Å². The number of aromatic nitrogens is 1. The lowest BCUT2D eigenvalue weighted by atomic mass is 10.1. The first kappa shape index (κ1) is 13.3. The third kappa shape index (κ3) is 3.20. The fourth-order valence-corrected chi connectivity index (χ4v) is 1.97. The second-order valence-electron chi connectivity index (χ2n) is 4.03. The van der Waals surface area contributed by atoms with E-state index >= 15 is 0 Å². The zero-order chi connectivity index (χ0) is 13.8. The summed E-state index contributed by atoms with van der Waals surface area (Å²) in [5.41, 5.74) is 0.693. The minimum atomic E-state index is -0.390. The van der Waals surface area contributed by atoms with Crippen molar-refractivity contribution in [3.63, 3.8) is 0 Å². The van der Waals surface area contributed by atoms with Crippen molar-refractivity contribution in [3.8, 4) is 0 Å². The molecular weight excluding hydrogens is 266 g/mol. The summed E-state index contributed by atoms with van der Waals surface area (Å²) < 4.78 is 0. The lowest BCUT2D eigenvalue weighted by molar-refractivity contribution is -0.385. The number of nitrogens with zero attached hydrogens (tertiary/aromatic N) is 2. The van der Waals surface area contributed by atoms with E-state index in [0.29, 0.717) is 16.5 Å². The van der Waals surface area contributed by atoms with E-state index in [2.05, 4.69) is 10.3 Å². The van der Waals surface area contributed by atoms with Gasteiger partial charge in [-0.25, -0.2) is 4.98 Å². The van der Waals surface area contributed by atoms with Gasteiger partial charge in [0.15, 0.2) is 0 Å². The van der Waals surface area contributed by atoms with Crippen LogP contribution in [-0.4, -0.2) is 9.91 Å². The van der Waals surface area contributed by atoms with Crippen molar-refractivity contribution < 1.29 is 4.92 Å². The van der Waals surface area contributed by atoms with Gasteiger partial charge in [0.25, 0.3) is 5.69 Å². The summed E-state index contributed by atoms with van der Waals surface area (Å²) in [6.07, 6.45) is 0. The number of halogens is 1. The number of rotatable bonds is 4. The van der Waals surface area contributed by atoms with Gasteiger partial charge in [0.1, 0.15) is 11.0 Å². The van der Waals surface area contributed by atoms with Crippen LogP contribution in [0.5, 0.6) is 0 Å². The van der Waals surface area contributed by atoms with Crippen molar-refractivity contribution in [1.82, 2.24) is 4.98 Å². The maximum Gasteiger partial charge on any atom is 0.274 e. The van der Waals surface area contributed by atoms with E-state index in [0.717, 1.165) is 0 Å². The van der Waals surface area contributed by atoms with E-state index in [1.54, 1.807) is 36.4 Å². The van der Waals surface area contributed by atoms with Crippen molar-refractivity contribution in [2.75, 3.05) is 5.32 Å². The summed E-state index contributed by atoms with van der Waals surface area (Å²) in [4.78, 5) is 14.7. The molecule has 0 saturated carbocycles. The predicted octanol–water partition coefficient (Wildman–Crippen LogP) is 3.82. The standard InChI is InChI=1S/C13H12ClN3O2/c1-9(15-13-8-4-7-12(14)16-13)10-5-2-3-6-11(10)17(18)19/h2-9H,1H3,(H,15,16). The number of nitrogens with one attached hydrogen (secondary N) is 1. The molecule has 1 heterocycles. The molecule has 1 atom stereocenters. The third-order valence-electron chi connectivity index (χ3n) is 2.68. The summed E-state index contributed by atoms with van der Waals surface area (Å²) in [7, 11) is 0. The maximum atomic E-state index is 11.0. The van der Waals surface area contributed by atoms with Gasteiger partial charge in [0, 0.05) is 6.07 Å². The summed E-state index contributed by atoms with van der Waals surface area (Å²) in [5.74, 6) is 0.582. The molecule has 2 rings (SSSR count). The summed E-state index contributed by atoms with van der Waals surface area (Å²) >= 11 is 5.80. The van der Waals surface area contributed by atoms with Gasteiger partial charge in [-0.3, -0.25) is 10.1 Å². The van der Waals surface area contributed by atoms with Crippen LogP contribution in [0.3, 0.4) is 0 Å². The van der Waals surface area contributed by atoms with Crippen LogP contribution in [-0.2, 0) is 0 Å². The molecule has 6 heteroatoms. The Morgan fingerprint density at radius 1 is 1.26 bits per heavy atom. The SMILES string of the molecule is CC(Nc1cccc(Cl)n1)c1ccccc1[N+](=O)[O-]. The van der Waals surface area contributed by atoms with Crippen molar-refractivity contribution in [2.24, 2.45) is 0 Å². The summed E-state index contributed by atoms with van der Waals surface area (Å²) in [6, 6.07) is 11.6. The number of hydrogen-bond donors (Lipinski definition) is 1. The van der Waals surface area contributed by atoms with Crippen LogP contribution in [0.1, 0.15) is 18.5 Å². The molecule has 1 aromatic carbocycles. The minimum absolute atomic E-state index is 0.0875. The first-order chi connectivity index (χ1) is 9.08. The molecule has 5 nitrogen and oxygen atoms in total. The molecule has 0 saturated heterocycles. The molecule has 0 fully saturated rings. The van der Waals surface area contributed by atoms with Gasteiger partial charge in [-0.1, -0.05) is 35.9 Å². The Bertz CT molecular complexity index is 604. The Morgan fingerprint density at radius 3 is 2.68 bits per heavy atom. The quantitative estimate of drug-likeness (QED) is 0.524. The molecule has 0 radical (unpaired) electrons. The van der Waals surface area contributed by atoms with E-state index in [1.807, 2.05) is 6.92 Å². The van der Waals surface area contributed by atoms with Gasteiger partial charge in [0.2, 0.25) is 0 Å². The molecule has 0 aliphatic heterocycles. The molecular formula is C13H12ClN3O2. The topological polar surface area (TPSA) is 68.1 Å². The number of pyridine rings is 1. The van der Waals surface area contributed by atoms with Gasteiger partial charge in [-0.15, -0.1) is 0 Å². The average molecular weight is 278 g/mol. The fraction of sp³-hybridized carbons (Fsp3) is 0.154. The highest BCUT2D eigenvalue weighted by Crippen LogP contribution is 2.27. The van der Waals surface area contributed by atoms with Gasteiger partial charge in [-0.2, -0.15) is 0 Å². The molecule has 19 heavy (non-hydrogen) atoms. The largest absolute Gasteiger partial charge is 0.363 e. The first-order valence-corrected chi connectivity index (χ1v) is 6.08. The second-order valence-corrected chi connectivity index (χ2v) is 4.41. The number of hydrogen-bond acceptors (Lipinski definition) is 4. The monoisotopic (exact) mass is 277 g/mol. The summed E-state index contributed by atoms with van der Waals surface area (Å²) in [5, 5.41) is 14.4. The van der Waals surface area contributed by atoms with Gasteiger partial charge >= 0.3 is 0 Å². The van der Waals surface area contributed by atoms with Gasteiger partial charge < -0.3 is 5.32 Å². The molecule has 98 valence electrons. The summed E-state index contributed by atoms with van der Waals surface area (Å²) in [6.45, 7) is 1.84. The Kier molecular flexibility index (Phi) is 3.97. The zero-order valence-corrected chi connectivity index (χ0v) is 11.0. The van der Waals surface area contributed by atoms with E-state index in [4.69, 9.17) is 11.6 Å². The van der Waals surface area contributed by atoms with E-state index < -0.39 is 0 Å². The molecule has 0 amide bonds. The molecule has 0 aliphatic carbocycles. The number of nitro benzene ring substituents is 1. The van der Waals surface area contributed by atoms with Crippen LogP contribution in [0.4, 0.5) is 11.5 Å². The van der Waals surface area contributed by atoms with Crippen molar-refractivity contribution >= 4 is 23.1 Å². The minimum Gasteiger partial charge on any atom is -0.363 e. The van der Waals surface area contributed by atoms with Gasteiger partial charge in [-0.05, 0) is 19.1 Å². The lowest BCUT2D eigenvalue weighted by Crippen LogP contribution is -2.10. The van der Waals surface area contributed by atoms with Crippen LogP contribution in [0.25, 0.3) is 0 Å². The molecule has 1 N–H and O–H groups in total. The van der Waals surface area contributed by atoms with E-state index in [1.165, 1.54) is 6.07 Å². The Hall–Kier alpha value is -2.14. The fourth-order valence-electron chi connectivity index (χ4n) is 1.81.